The maximum Gasteiger partial charge on any atom is 0.222 e. The van der Waals surface area contributed by atoms with Gasteiger partial charge in [0.25, 0.3) is 0 Å². The third kappa shape index (κ3) is 3.33. The molecule has 0 bridgehead atoms. The van der Waals surface area contributed by atoms with E-state index in [1.54, 1.807) is 0 Å². The molecule has 1 aromatic carbocycles. The quantitative estimate of drug-likeness (QED) is 0.868. The summed E-state index contributed by atoms with van der Waals surface area (Å²) in [5, 5.41) is 6.78. The number of benzene rings is 1. The summed E-state index contributed by atoms with van der Waals surface area (Å²) in [4.78, 5) is 18.5. The second-order valence-electron chi connectivity index (χ2n) is 5.72. The first kappa shape index (κ1) is 14.7. The van der Waals surface area contributed by atoms with Crippen LogP contribution in [0.5, 0.6) is 0 Å². The number of carbonyl (C=O) groups excluding carboxylic acids is 1. The summed E-state index contributed by atoms with van der Waals surface area (Å²) in [5.74, 6) is 1.37. The van der Waals surface area contributed by atoms with Gasteiger partial charge < -0.3 is 10.6 Å². The molecule has 2 aromatic rings. The lowest BCUT2D eigenvalue weighted by molar-refractivity contribution is -0.130. The van der Waals surface area contributed by atoms with Crippen LogP contribution in [0, 0.1) is 0 Å². The molecule has 0 radical (unpaired) electrons. The van der Waals surface area contributed by atoms with Gasteiger partial charge >= 0.3 is 0 Å². The minimum Gasteiger partial charge on any atom is -0.342 e. The van der Waals surface area contributed by atoms with Crippen LogP contribution in [0.1, 0.15) is 35.7 Å². The van der Waals surface area contributed by atoms with E-state index in [1.165, 1.54) is 11.9 Å². The SMILES string of the molecule is NCc1cccc(CCC(=O)N2CCC(c3ncn[nH]3)C2)c1. The number of hydrogen-bond acceptors (Lipinski definition) is 4. The summed E-state index contributed by atoms with van der Waals surface area (Å²) < 4.78 is 0. The van der Waals surface area contributed by atoms with Crippen molar-refractivity contribution in [3.05, 3.63) is 47.5 Å². The second-order valence-corrected chi connectivity index (χ2v) is 5.72. The maximum absolute atomic E-state index is 12.3. The highest BCUT2D eigenvalue weighted by molar-refractivity contribution is 5.76. The summed E-state index contributed by atoms with van der Waals surface area (Å²) in [6.45, 7) is 2.07. The van der Waals surface area contributed by atoms with Gasteiger partial charge in [-0.2, -0.15) is 5.10 Å². The lowest BCUT2D eigenvalue weighted by Crippen LogP contribution is -2.28. The number of hydrogen-bond donors (Lipinski definition) is 2. The van der Waals surface area contributed by atoms with Crippen molar-refractivity contribution in [1.82, 2.24) is 20.1 Å². The van der Waals surface area contributed by atoms with Crippen LogP contribution in [0.3, 0.4) is 0 Å². The number of rotatable bonds is 5. The van der Waals surface area contributed by atoms with Gasteiger partial charge in [0, 0.05) is 32.0 Å². The van der Waals surface area contributed by atoms with Crippen molar-refractivity contribution in [3.63, 3.8) is 0 Å². The first-order chi connectivity index (χ1) is 10.8. The number of aromatic amines is 1. The highest BCUT2D eigenvalue weighted by Crippen LogP contribution is 2.24. The molecule has 0 spiro atoms. The van der Waals surface area contributed by atoms with Gasteiger partial charge in [-0.25, -0.2) is 4.98 Å². The van der Waals surface area contributed by atoms with Crippen molar-refractivity contribution in [2.45, 2.75) is 31.7 Å². The fourth-order valence-corrected chi connectivity index (χ4v) is 2.94. The number of nitrogens with one attached hydrogen (secondary N) is 1. The smallest absolute Gasteiger partial charge is 0.222 e. The summed E-state index contributed by atoms with van der Waals surface area (Å²) >= 11 is 0. The summed E-state index contributed by atoms with van der Waals surface area (Å²) in [5.41, 5.74) is 7.92. The number of aromatic nitrogens is 3. The fraction of sp³-hybridized carbons (Fsp3) is 0.438. The molecule has 1 amide bonds. The van der Waals surface area contributed by atoms with Crippen LogP contribution in [0.15, 0.2) is 30.6 Å². The number of amides is 1. The van der Waals surface area contributed by atoms with Crippen LogP contribution in [0.2, 0.25) is 0 Å². The van der Waals surface area contributed by atoms with E-state index >= 15 is 0 Å². The van der Waals surface area contributed by atoms with Crippen molar-refractivity contribution in [2.24, 2.45) is 5.73 Å². The zero-order valence-electron chi connectivity index (χ0n) is 12.5. The lowest BCUT2D eigenvalue weighted by atomic mass is 10.1. The van der Waals surface area contributed by atoms with Crippen LogP contribution in [0.4, 0.5) is 0 Å². The van der Waals surface area contributed by atoms with Gasteiger partial charge in [-0.15, -0.1) is 0 Å². The topological polar surface area (TPSA) is 87.9 Å². The van der Waals surface area contributed by atoms with Crippen LogP contribution < -0.4 is 5.73 Å². The highest BCUT2D eigenvalue weighted by atomic mass is 16.2. The zero-order valence-corrected chi connectivity index (χ0v) is 12.5. The third-order valence-corrected chi connectivity index (χ3v) is 4.22. The molecule has 1 unspecified atom stereocenters. The number of H-pyrrole nitrogens is 1. The monoisotopic (exact) mass is 299 g/mol. The van der Waals surface area contributed by atoms with E-state index in [1.807, 2.05) is 23.1 Å². The Morgan fingerprint density at radius 1 is 1.41 bits per heavy atom. The lowest BCUT2D eigenvalue weighted by Gasteiger charge is -2.16. The second kappa shape index (κ2) is 6.70. The summed E-state index contributed by atoms with van der Waals surface area (Å²) in [7, 11) is 0. The molecule has 2 heterocycles. The Bertz CT molecular complexity index is 625. The van der Waals surface area contributed by atoms with Crippen molar-refractivity contribution in [3.8, 4) is 0 Å². The Hall–Kier alpha value is -2.21. The van der Waals surface area contributed by atoms with Crippen molar-refractivity contribution >= 4 is 5.91 Å². The number of nitrogens with two attached hydrogens (primary N) is 1. The van der Waals surface area contributed by atoms with Crippen molar-refractivity contribution in [1.29, 1.82) is 0 Å². The van der Waals surface area contributed by atoms with Crippen LogP contribution in [-0.2, 0) is 17.8 Å². The Morgan fingerprint density at radius 2 is 2.27 bits per heavy atom. The standard InChI is InChI=1S/C16H21N5O/c17-9-13-3-1-2-12(8-13)4-5-15(22)21-7-6-14(10-21)16-18-11-19-20-16/h1-3,8,11,14H,4-7,9-10,17H2,(H,18,19,20). The van der Waals surface area contributed by atoms with Gasteiger partial charge in [-0.1, -0.05) is 24.3 Å². The van der Waals surface area contributed by atoms with Gasteiger partial charge in [0.05, 0.1) is 0 Å². The Morgan fingerprint density at radius 3 is 3.05 bits per heavy atom. The van der Waals surface area contributed by atoms with Crippen LogP contribution in [0.25, 0.3) is 0 Å². The average Bonchev–Trinajstić information content (AvgIpc) is 3.23. The van der Waals surface area contributed by atoms with Gasteiger partial charge in [0.2, 0.25) is 5.91 Å². The van der Waals surface area contributed by atoms with Gasteiger partial charge in [-0.05, 0) is 24.0 Å². The third-order valence-electron chi connectivity index (χ3n) is 4.22. The van der Waals surface area contributed by atoms with E-state index in [-0.39, 0.29) is 11.8 Å². The molecule has 116 valence electrons. The summed E-state index contributed by atoms with van der Waals surface area (Å²) in [6, 6.07) is 8.13. The van der Waals surface area contributed by atoms with Crippen molar-refractivity contribution in [2.75, 3.05) is 13.1 Å². The van der Waals surface area contributed by atoms with E-state index in [4.69, 9.17) is 5.73 Å². The Kier molecular flexibility index (Phi) is 4.48. The molecule has 1 saturated heterocycles. The van der Waals surface area contributed by atoms with Crippen molar-refractivity contribution < 1.29 is 4.79 Å². The van der Waals surface area contributed by atoms with E-state index < -0.39 is 0 Å². The zero-order chi connectivity index (χ0) is 15.4. The molecule has 1 fully saturated rings. The molecule has 1 atom stereocenters. The molecular formula is C16H21N5O. The molecule has 0 aliphatic carbocycles. The number of carbonyl (C=O) groups is 1. The predicted molar refractivity (Wildman–Crippen MR) is 83.0 cm³/mol. The largest absolute Gasteiger partial charge is 0.342 e. The molecule has 22 heavy (non-hydrogen) atoms. The molecule has 6 heteroatoms. The predicted octanol–water partition coefficient (Wildman–Crippen LogP) is 1.21. The summed E-state index contributed by atoms with van der Waals surface area (Å²) in [6.07, 6.45) is 3.77. The number of nitrogens with zero attached hydrogens (tertiary/aromatic N) is 3. The molecule has 1 aliphatic heterocycles. The van der Waals surface area contributed by atoms with E-state index in [0.29, 0.717) is 13.0 Å². The molecule has 3 rings (SSSR count). The van der Waals surface area contributed by atoms with E-state index in [9.17, 15) is 4.79 Å². The van der Waals surface area contributed by atoms with Gasteiger partial charge in [0.15, 0.2) is 0 Å². The molecule has 0 saturated carbocycles. The van der Waals surface area contributed by atoms with Crippen LogP contribution in [-0.4, -0.2) is 39.1 Å². The molecule has 1 aromatic heterocycles. The highest BCUT2D eigenvalue weighted by Gasteiger charge is 2.28. The number of aryl methyl sites for hydroxylation is 1. The van der Waals surface area contributed by atoms with Gasteiger partial charge in [-0.3, -0.25) is 9.89 Å². The minimum atomic E-state index is 0.208. The molecular weight excluding hydrogens is 278 g/mol. The number of likely N-dealkylation sites (tertiary alicyclic amines) is 1. The normalized spacial score (nSPS) is 17.9. The maximum atomic E-state index is 12.3. The van der Waals surface area contributed by atoms with Gasteiger partial charge in [0.1, 0.15) is 12.2 Å². The Labute approximate surface area is 129 Å². The van der Waals surface area contributed by atoms with Crippen LogP contribution >= 0.6 is 0 Å². The molecule has 6 nitrogen and oxygen atoms in total. The first-order valence-electron chi connectivity index (χ1n) is 7.67. The minimum absolute atomic E-state index is 0.208. The Balaban J connectivity index is 1.52. The molecule has 3 N–H and O–H groups in total. The fourth-order valence-electron chi connectivity index (χ4n) is 2.94. The van der Waals surface area contributed by atoms with E-state index in [2.05, 4.69) is 21.2 Å². The van der Waals surface area contributed by atoms with E-state index in [0.717, 1.165) is 37.3 Å². The first-order valence-corrected chi connectivity index (χ1v) is 7.67. The molecule has 1 aliphatic rings. The average molecular weight is 299 g/mol.